The van der Waals surface area contributed by atoms with E-state index < -0.39 is 0 Å². The highest BCUT2D eigenvalue weighted by atomic mass is 16.5. The molecule has 0 radical (unpaired) electrons. The van der Waals surface area contributed by atoms with Gasteiger partial charge in [-0.25, -0.2) is 0 Å². The smallest absolute Gasteiger partial charge is 0.0657 e. The highest BCUT2D eigenvalue weighted by Gasteiger charge is 2.23. The van der Waals surface area contributed by atoms with Gasteiger partial charge in [0.2, 0.25) is 0 Å². The molecule has 3 N–H and O–H groups in total. The lowest BCUT2D eigenvalue weighted by molar-refractivity contribution is 0.0822. The fourth-order valence-electron chi connectivity index (χ4n) is 1.18. The minimum Gasteiger partial charge on any atom is -0.380 e. The number of rotatable bonds is 7. The lowest BCUT2D eigenvalue weighted by atomic mass is 10.0. The lowest BCUT2D eigenvalue weighted by Gasteiger charge is -2.32. The highest BCUT2D eigenvalue weighted by Crippen LogP contribution is 2.05. The van der Waals surface area contributed by atoms with Gasteiger partial charge in [0.1, 0.15) is 0 Å². The van der Waals surface area contributed by atoms with E-state index in [1.165, 1.54) is 0 Å². The molecule has 80 valence electrons. The van der Waals surface area contributed by atoms with Crippen LogP contribution in [0.25, 0.3) is 0 Å². The van der Waals surface area contributed by atoms with Gasteiger partial charge in [-0.05, 0) is 27.2 Å². The molecule has 0 aromatic carbocycles. The van der Waals surface area contributed by atoms with Crippen molar-refractivity contribution in [3.8, 4) is 0 Å². The van der Waals surface area contributed by atoms with Crippen molar-refractivity contribution in [3.63, 3.8) is 0 Å². The number of hydrogen-bond donors (Lipinski definition) is 2. The zero-order valence-electron chi connectivity index (χ0n) is 9.39. The van der Waals surface area contributed by atoms with Crippen LogP contribution >= 0.6 is 0 Å². The van der Waals surface area contributed by atoms with Crippen molar-refractivity contribution < 1.29 is 4.74 Å². The Balaban J connectivity index is 3.94. The average molecular weight is 188 g/mol. The number of ether oxygens (including phenoxy) is 1. The molecule has 2 unspecified atom stereocenters. The number of nitrogens with one attached hydrogen (secondary N) is 1. The molecule has 0 fully saturated rings. The second-order valence-electron chi connectivity index (χ2n) is 3.86. The third kappa shape index (κ3) is 5.24. The molecular weight excluding hydrogens is 164 g/mol. The van der Waals surface area contributed by atoms with Gasteiger partial charge in [0.25, 0.3) is 0 Å². The van der Waals surface area contributed by atoms with Gasteiger partial charge >= 0.3 is 0 Å². The molecule has 2 atom stereocenters. The van der Waals surface area contributed by atoms with Crippen LogP contribution in [0.5, 0.6) is 0 Å². The molecule has 0 aromatic heterocycles. The maximum Gasteiger partial charge on any atom is 0.0657 e. The van der Waals surface area contributed by atoms with E-state index in [1.807, 2.05) is 6.92 Å². The van der Waals surface area contributed by atoms with Crippen LogP contribution < -0.4 is 11.1 Å². The first-order valence-corrected chi connectivity index (χ1v) is 5.13. The van der Waals surface area contributed by atoms with E-state index in [0.29, 0.717) is 19.2 Å². The maximum absolute atomic E-state index is 5.71. The Bertz CT molecular complexity index is 130. The van der Waals surface area contributed by atoms with Crippen LogP contribution in [-0.4, -0.2) is 31.3 Å². The van der Waals surface area contributed by atoms with Crippen LogP contribution in [-0.2, 0) is 4.74 Å². The van der Waals surface area contributed by atoms with Gasteiger partial charge in [0.05, 0.1) is 12.1 Å². The molecular formula is C10H24N2O. The standard InChI is InChI=1S/C10H24N2O/c1-5-9(3)12-10(4,7-11)8-13-6-2/h9,12H,5-8,11H2,1-4H3. The zero-order valence-corrected chi connectivity index (χ0v) is 9.39. The molecule has 3 nitrogen and oxygen atoms in total. The molecule has 0 saturated heterocycles. The van der Waals surface area contributed by atoms with E-state index in [-0.39, 0.29) is 5.54 Å². The minimum absolute atomic E-state index is 0.0779. The third-order valence-electron chi connectivity index (χ3n) is 2.28. The number of nitrogens with two attached hydrogens (primary N) is 1. The van der Waals surface area contributed by atoms with Gasteiger partial charge in [-0.3, -0.25) is 0 Å². The zero-order chi connectivity index (χ0) is 10.3. The first kappa shape index (κ1) is 12.9. The molecule has 0 spiro atoms. The van der Waals surface area contributed by atoms with Crippen LogP contribution in [0.15, 0.2) is 0 Å². The van der Waals surface area contributed by atoms with Crippen molar-refractivity contribution in [1.82, 2.24) is 5.32 Å². The molecule has 0 bridgehead atoms. The Kier molecular flexibility index (Phi) is 6.29. The molecule has 13 heavy (non-hydrogen) atoms. The van der Waals surface area contributed by atoms with Crippen LogP contribution in [0.4, 0.5) is 0 Å². The van der Waals surface area contributed by atoms with Gasteiger partial charge in [0.15, 0.2) is 0 Å². The quantitative estimate of drug-likeness (QED) is 0.629. The normalized spacial score (nSPS) is 18.2. The third-order valence-corrected chi connectivity index (χ3v) is 2.28. The monoisotopic (exact) mass is 188 g/mol. The van der Waals surface area contributed by atoms with Crippen LogP contribution in [0.2, 0.25) is 0 Å². The van der Waals surface area contributed by atoms with E-state index in [9.17, 15) is 0 Å². The van der Waals surface area contributed by atoms with Gasteiger partial charge in [-0.1, -0.05) is 6.92 Å². The Morgan fingerprint density at radius 2 is 2.08 bits per heavy atom. The van der Waals surface area contributed by atoms with Crippen molar-refractivity contribution in [3.05, 3.63) is 0 Å². The van der Waals surface area contributed by atoms with Gasteiger partial charge in [-0.2, -0.15) is 0 Å². The van der Waals surface area contributed by atoms with Gasteiger partial charge in [-0.15, -0.1) is 0 Å². The predicted octanol–water partition coefficient (Wildman–Crippen LogP) is 1.13. The summed E-state index contributed by atoms with van der Waals surface area (Å²) < 4.78 is 5.39. The molecule has 0 rings (SSSR count). The van der Waals surface area contributed by atoms with E-state index >= 15 is 0 Å². The molecule has 0 heterocycles. The summed E-state index contributed by atoms with van der Waals surface area (Å²) in [6, 6.07) is 0.494. The van der Waals surface area contributed by atoms with E-state index in [2.05, 4.69) is 26.1 Å². The molecule has 0 aliphatic heterocycles. The summed E-state index contributed by atoms with van der Waals surface area (Å²) in [7, 11) is 0. The van der Waals surface area contributed by atoms with E-state index in [0.717, 1.165) is 13.0 Å². The van der Waals surface area contributed by atoms with Crippen molar-refractivity contribution in [2.75, 3.05) is 19.8 Å². The molecule has 0 saturated carbocycles. The van der Waals surface area contributed by atoms with Gasteiger partial charge in [0, 0.05) is 19.2 Å². The highest BCUT2D eigenvalue weighted by molar-refractivity contribution is 4.86. The Morgan fingerprint density at radius 3 is 2.46 bits per heavy atom. The number of hydrogen-bond acceptors (Lipinski definition) is 3. The van der Waals surface area contributed by atoms with Crippen LogP contribution in [0.1, 0.15) is 34.1 Å². The summed E-state index contributed by atoms with van der Waals surface area (Å²) >= 11 is 0. The molecule has 0 aliphatic carbocycles. The topological polar surface area (TPSA) is 47.3 Å². The Hall–Kier alpha value is -0.120. The predicted molar refractivity (Wildman–Crippen MR) is 56.8 cm³/mol. The minimum atomic E-state index is -0.0779. The first-order chi connectivity index (χ1) is 6.08. The van der Waals surface area contributed by atoms with Crippen LogP contribution in [0.3, 0.4) is 0 Å². The van der Waals surface area contributed by atoms with E-state index in [4.69, 9.17) is 10.5 Å². The molecule has 0 amide bonds. The molecule has 3 heteroatoms. The molecule has 0 aliphatic rings. The fraction of sp³-hybridized carbons (Fsp3) is 1.00. The summed E-state index contributed by atoms with van der Waals surface area (Å²) in [5, 5.41) is 3.48. The van der Waals surface area contributed by atoms with Gasteiger partial charge < -0.3 is 15.8 Å². The van der Waals surface area contributed by atoms with Crippen molar-refractivity contribution in [1.29, 1.82) is 0 Å². The molecule has 0 aromatic rings. The Labute approximate surface area is 82.0 Å². The summed E-state index contributed by atoms with van der Waals surface area (Å²) in [6.45, 7) is 10.5. The SMILES string of the molecule is CCOCC(C)(CN)NC(C)CC. The average Bonchev–Trinajstić information content (AvgIpc) is 2.14. The van der Waals surface area contributed by atoms with Crippen LogP contribution in [0, 0.1) is 0 Å². The summed E-state index contributed by atoms with van der Waals surface area (Å²) in [4.78, 5) is 0. The first-order valence-electron chi connectivity index (χ1n) is 5.13. The maximum atomic E-state index is 5.71. The summed E-state index contributed by atoms with van der Waals surface area (Å²) in [5.74, 6) is 0. The summed E-state index contributed by atoms with van der Waals surface area (Å²) in [6.07, 6.45) is 1.11. The van der Waals surface area contributed by atoms with Crippen molar-refractivity contribution in [2.45, 2.75) is 45.7 Å². The lowest BCUT2D eigenvalue weighted by Crippen LogP contribution is -2.55. The van der Waals surface area contributed by atoms with E-state index in [1.54, 1.807) is 0 Å². The Morgan fingerprint density at radius 1 is 1.46 bits per heavy atom. The van der Waals surface area contributed by atoms with Crippen molar-refractivity contribution >= 4 is 0 Å². The fourth-order valence-corrected chi connectivity index (χ4v) is 1.18. The summed E-state index contributed by atoms with van der Waals surface area (Å²) in [5.41, 5.74) is 5.63. The second-order valence-corrected chi connectivity index (χ2v) is 3.86. The largest absolute Gasteiger partial charge is 0.380 e. The van der Waals surface area contributed by atoms with Crippen molar-refractivity contribution in [2.24, 2.45) is 5.73 Å². The second kappa shape index (κ2) is 6.35.